The monoisotopic (exact) mass is 435 g/mol. The lowest BCUT2D eigenvalue weighted by molar-refractivity contribution is 0.669. The Balaban J connectivity index is 1.54. The van der Waals surface area contributed by atoms with Crippen LogP contribution in [0.1, 0.15) is 5.56 Å². The summed E-state index contributed by atoms with van der Waals surface area (Å²) in [4.78, 5) is 4.49. The summed E-state index contributed by atoms with van der Waals surface area (Å²) in [5.41, 5.74) is 7.35. The van der Waals surface area contributed by atoms with Crippen molar-refractivity contribution in [2.24, 2.45) is 0 Å². The maximum Gasteiger partial charge on any atom is 0.137 e. The Morgan fingerprint density at radius 1 is 0.676 bits per heavy atom. The highest BCUT2D eigenvalue weighted by Crippen LogP contribution is 2.38. The van der Waals surface area contributed by atoms with Crippen molar-refractivity contribution in [3.63, 3.8) is 0 Å². The maximum atomic E-state index is 9.30. The average Bonchev–Trinajstić information content (AvgIpc) is 3.42. The summed E-state index contributed by atoms with van der Waals surface area (Å²) in [5.74, 6) is 0. The van der Waals surface area contributed by atoms with E-state index in [1.165, 1.54) is 10.8 Å². The summed E-state index contributed by atoms with van der Waals surface area (Å²) in [7, 11) is 0. The molecule has 0 atom stereocenters. The number of aromatic nitrogens is 2. The first-order valence-corrected chi connectivity index (χ1v) is 11.1. The van der Waals surface area contributed by atoms with E-state index in [0.717, 1.165) is 49.9 Å². The summed E-state index contributed by atoms with van der Waals surface area (Å²) in [6, 6.07) is 35.1. The van der Waals surface area contributed by atoms with Gasteiger partial charge < -0.3 is 8.98 Å². The van der Waals surface area contributed by atoms with Gasteiger partial charge >= 0.3 is 0 Å². The molecule has 0 aliphatic rings. The molecule has 7 aromatic rings. The summed E-state index contributed by atoms with van der Waals surface area (Å²) >= 11 is 0. The molecule has 0 aliphatic heterocycles. The zero-order chi connectivity index (χ0) is 22.6. The lowest BCUT2D eigenvalue weighted by Crippen LogP contribution is -1.95. The molecule has 3 heterocycles. The number of rotatable bonds is 2. The van der Waals surface area contributed by atoms with E-state index in [2.05, 4.69) is 70.2 Å². The highest BCUT2D eigenvalue weighted by molar-refractivity contribution is 6.17. The number of pyridine rings is 1. The fraction of sp³-hybridized carbons (Fsp3) is 0. The van der Waals surface area contributed by atoms with Crippen LogP contribution in [0.2, 0.25) is 0 Å². The number of nitrogens with zero attached hydrogens (tertiary/aromatic N) is 3. The molecule has 4 heteroatoms. The van der Waals surface area contributed by atoms with Crippen LogP contribution in [0.4, 0.5) is 0 Å². The van der Waals surface area contributed by atoms with Gasteiger partial charge in [-0.15, -0.1) is 0 Å². The number of para-hydroxylation sites is 2. The Kier molecular flexibility index (Phi) is 3.88. The predicted molar refractivity (Wildman–Crippen MR) is 136 cm³/mol. The van der Waals surface area contributed by atoms with Crippen molar-refractivity contribution in [3.05, 3.63) is 109 Å². The molecule has 0 fully saturated rings. The molecular formula is C30H17N3O. The highest BCUT2D eigenvalue weighted by Gasteiger charge is 2.16. The van der Waals surface area contributed by atoms with Gasteiger partial charge in [-0.05, 0) is 42.5 Å². The maximum absolute atomic E-state index is 9.30. The third-order valence-electron chi connectivity index (χ3n) is 6.46. The zero-order valence-corrected chi connectivity index (χ0v) is 18.1. The van der Waals surface area contributed by atoms with Gasteiger partial charge in [0.15, 0.2) is 0 Å². The number of fused-ring (bicyclic) bond motifs is 6. The smallest absolute Gasteiger partial charge is 0.137 e. The van der Waals surface area contributed by atoms with E-state index in [-0.39, 0.29) is 0 Å². The second-order valence-corrected chi connectivity index (χ2v) is 8.41. The normalized spacial score (nSPS) is 11.5. The highest BCUT2D eigenvalue weighted by atomic mass is 16.3. The van der Waals surface area contributed by atoms with Crippen molar-refractivity contribution in [1.29, 1.82) is 5.26 Å². The van der Waals surface area contributed by atoms with Gasteiger partial charge in [-0.25, -0.2) is 0 Å². The third kappa shape index (κ3) is 2.68. The molecule has 0 spiro atoms. The molecule has 4 aromatic carbocycles. The van der Waals surface area contributed by atoms with Gasteiger partial charge in [-0.1, -0.05) is 48.5 Å². The molecular weight excluding hydrogens is 418 g/mol. The van der Waals surface area contributed by atoms with Crippen LogP contribution in [-0.2, 0) is 0 Å². The number of nitriles is 1. The SMILES string of the molecule is N#Cc1ccnc(-c2cccc(-n3c4ccccc4c4cc5c(cc43)oc3ccccc35)c2)c1. The molecule has 0 N–H and O–H groups in total. The second-order valence-electron chi connectivity index (χ2n) is 8.41. The molecule has 0 saturated heterocycles. The number of furan rings is 1. The van der Waals surface area contributed by atoms with Crippen LogP contribution in [0.5, 0.6) is 0 Å². The first kappa shape index (κ1) is 18.7. The van der Waals surface area contributed by atoms with Crippen LogP contribution in [0, 0.1) is 11.3 Å². The van der Waals surface area contributed by atoms with E-state index in [0.29, 0.717) is 5.56 Å². The van der Waals surface area contributed by atoms with Gasteiger partial charge in [0.1, 0.15) is 11.2 Å². The summed E-state index contributed by atoms with van der Waals surface area (Å²) in [6.07, 6.45) is 1.68. The molecule has 0 bridgehead atoms. The van der Waals surface area contributed by atoms with Crippen molar-refractivity contribution in [2.75, 3.05) is 0 Å². The zero-order valence-electron chi connectivity index (χ0n) is 18.1. The minimum Gasteiger partial charge on any atom is -0.456 e. The van der Waals surface area contributed by atoms with Crippen molar-refractivity contribution in [1.82, 2.24) is 9.55 Å². The lowest BCUT2D eigenvalue weighted by atomic mass is 10.1. The first-order valence-electron chi connectivity index (χ1n) is 11.1. The molecule has 0 radical (unpaired) electrons. The lowest BCUT2D eigenvalue weighted by Gasteiger charge is -2.10. The van der Waals surface area contributed by atoms with Crippen LogP contribution in [0.15, 0.2) is 108 Å². The second kappa shape index (κ2) is 7.06. The van der Waals surface area contributed by atoms with Gasteiger partial charge in [0.25, 0.3) is 0 Å². The minimum atomic E-state index is 0.597. The molecule has 0 aliphatic carbocycles. The van der Waals surface area contributed by atoms with Gasteiger partial charge in [0.05, 0.1) is 28.4 Å². The van der Waals surface area contributed by atoms with Gasteiger partial charge in [0, 0.05) is 45.1 Å². The summed E-state index contributed by atoms with van der Waals surface area (Å²) in [6.45, 7) is 0. The number of benzene rings is 4. The van der Waals surface area contributed by atoms with Gasteiger partial charge in [0.2, 0.25) is 0 Å². The molecule has 0 saturated carbocycles. The minimum absolute atomic E-state index is 0.597. The van der Waals surface area contributed by atoms with Gasteiger partial charge in [-0.3, -0.25) is 4.98 Å². The largest absolute Gasteiger partial charge is 0.456 e. The fourth-order valence-electron chi connectivity index (χ4n) is 4.93. The molecule has 158 valence electrons. The van der Waals surface area contributed by atoms with Crippen LogP contribution in [0.25, 0.3) is 60.7 Å². The standard InChI is InChI=1S/C30H17N3O/c31-18-19-12-13-32-26(14-19)20-6-5-7-21(15-20)33-27-10-3-1-8-22(27)24-16-25-23-9-2-4-11-29(23)34-30(25)17-28(24)33/h1-17H. The molecule has 4 nitrogen and oxygen atoms in total. The average molecular weight is 435 g/mol. The topological polar surface area (TPSA) is 54.8 Å². The van der Waals surface area contributed by atoms with Crippen molar-refractivity contribution in [3.8, 4) is 23.0 Å². The van der Waals surface area contributed by atoms with Crippen LogP contribution < -0.4 is 0 Å². The Labute approximate surface area is 194 Å². The molecule has 0 amide bonds. The van der Waals surface area contributed by atoms with E-state index >= 15 is 0 Å². The Morgan fingerprint density at radius 3 is 2.44 bits per heavy atom. The number of hydrogen-bond donors (Lipinski definition) is 0. The van der Waals surface area contributed by atoms with E-state index in [9.17, 15) is 5.26 Å². The summed E-state index contributed by atoms with van der Waals surface area (Å²) < 4.78 is 8.48. The van der Waals surface area contributed by atoms with Crippen LogP contribution >= 0.6 is 0 Å². The van der Waals surface area contributed by atoms with Crippen LogP contribution in [-0.4, -0.2) is 9.55 Å². The van der Waals surface area contributed by atoms with E-state index < -0.39 is 0 Å². The summed E-state index contributed by atoms with van der Waals surface area (Å²) in [5, 5.41) is 13.9. The Morgan fingerprint density at radius 2 is 1.53 bits per heavy atom. The molecule has 0 unspecified atom stereocenters. The number of hydrogen-bond acceptors (Lipinski definition) is 3. The fourth-order valence-corrected chi connectivity index (χ4v) is 4.93. The predicted octanol–water partition coefficient (Wildman–Crippen LogP) is 7.62. The molecule has 34 heavy (non-hydrogen) atoms. The van der Waals surface area contributed by atoms with Crippen molar-refractivity contribution < 1.29 is 4.42 Å². The van der Waals surface area contributed by atoms with Crippen molar-refractivity contribution in [2.45, 2.75) is 0 Å². The first-order chi connectivity index (χ1) is 16.8. The molecule has 7 rings (SSSR count). The van der Waals surface area contributed by atoms with Gasteiger partial charge in [-0.2, -0.15) is 5.26 Å². The van der Waals surface area contributed by atoms with E-state index in [1.807, 2.05) is 36.4 Å². The quantitative estimate of drug-likeness (QED) is 0.281. The Bertz CT molecular complexity index is 1930. The Hall–Kier alpha value is -4.88. The van der Waals surface area contributed by atoms with Crippen molar-refractivity contribution >= 4 is 43.7 Å². The third-order valence-corrected chi connectivity index (χ3v) is 6.46. The van der Waals surface area contributed by atoms with Crippen LogP contribution in [0.3, 0.4) is 0 Å². The van der Waals surface area contributed by atoms with E-state index in [4.69, 9.17) is 4.42 Å². The molecule has 3 aromatic heterocycles. The van der Waals surface area contributed by atoms with E-state index in [1.54, 1.807) is 12.3 Å².